The number of aryl methyl sites for hydroxylation is 1. The third kappa shape index (κ3) is 1.55. The molecule has 0 saturated heterocycles. The summed E-state index contributed by atoms with van der Waals surface area (Å²) >= 11 is 1.57. The lowest BCUT2D eigenvalue weighted by Gasteiger charge is -1.82. The number of nitriles is 1. The smallest absolute Gasteiger partial charge is 0.107 e. The number of aromatic nitrogens is 1. The highest BCUT2D eigenvalue weighted by molar-refractivity contribution is 7.09. The number of thiazole rings is 1. The number of rotatable bonds is 2. The normalized spacial score (nSPS) is 9.20. The second-order valence-corrected chi connectivity index (χ2v) is 2.86. The summed E-state index contributed by atoms with van der Waals surface area (Å²) in [5.74, 6) is 0. The van der Waals surface area contributed by atoms with Gasteiger partial charge < -0.3 is 0 Å². The minimum Gasteiger partial charge on any atom is -0.245 e. The minimum absolute atomic E-state index is 0.449. The monoisotopic (exact) mass is 152 g/mol. The Morgan fingerprint density at radius 1 is 1.80 bits per heavy atom. The molecule has 0 spiro atoms. The van der Waals surface area contributed by atoms with Crippen LogP contribution in [-0.2, 0) is 12.8 Å². The van der Waals surface area contributed by atoms with E-state index in [1.54, 1.807) is 11.3 Å². The van der Waals surface area contributed by atoms with Gasteiger partial charge in [-0.25, -0.2) is 4.98 Å². The van der Waals surface area contributed by atoms with Crippen molar-refractivity contribution in [1.82, 2.24) is 4.98 Å². The molecule has 0 saturated carbocycles. The van der Waals surface area contributed by atoms with Crippen molar-refractivity contribution in [2.24, 2.45) is 0 Å². The first kappa shape index (κ1) is 7.23. The molecule has 0 N–H and O–H groups in total. The van der Waals surface area contributed by atoms with E-state index in [4.69, 9.17) is 5.26 Å². The van der Waals surface area contributed by atoms with Crippen molar-refractivity contribution in [2.75, 3.05) is 0 Å². The number of hydrogen-bond acceptors (Lipinski definition) is 3. The van der Waals surface area contributed by atoms with Gasteiger partial charge >= 0.3 is 0 Å². The van der Waals surface area contributed by atoms with E-state index in [-0.39, 0.29) is 0 Å². The van der Waals surface area contributed by atoms with Crippen LogP contribution in [0.5, 0.6) is 0 Å². The summed E-state index contributed by atoms with van der Waals surface area (Å²) in [6.07, 6.45) is 1.41. The van der Waals surface area contributed by atoms with Crippen LogP contribution in [0, 0.1) is 11.3 Å². The molecule has 0 bridgehead atoms. The molecule has 0 amide bonds. The van der Waals surface area contributed by atoms with E-state index in [0.717, 1.165) is 17.1 Å². The Balaban J connectivity index is 2.70. The lowest BCUT2D eigenvalue weighted by atomic mass is 10.4. The Labute approximate surface area is 64.1 Å². The van der Waals surface area contributed by atoms with Crippen molar-refractivity contribution in [3.05, 3.63) is 16.1 Å². The average molecular weight is 152 g/mol. The minimum atomic E-state index is 0.449. The zero-order chi connectivity index (χ0) is 7.40. The van der Waals surface area contributed by atoms with Crippen molar-refractivity contribution >= 4 is 11.3 Å². The van der Waals surface area contributed by atoms with E-state index >= 15 is 0 Å². The molecule has 1 aromatic rings. The van der Waals surface area contributed by atoms with Crippen LogP contribution in [0.25, 0.3) is 0 Å². The maximum absolute atomic E-state index is 8.32. The first-order chi connectivity index (χ1) is 4.86. The van der Waals surface area contributed by atoms with Crippen molar-refractivity contribution in [2.45, 2.75) is 19.8 Å². The summed E-state index contributed by atoms with van der Waals surface area (Å²) in [7, 11) is 0. The molecular weight excluding hydrogens is 144 g/mol. The summed E-state index contributed by atoms with van der Waals surface area (Å²) in [5.41, 5.74) is 1.09. The van der Waals surface area contributed by atoms with Crippen LogP contribution in [0.2, 0.25) is 0 Å². The summed E-state index contributed by atoms with van der Waals surface area (Å²) in [5, 5.41) is 11.3. The fourth-order valence-electron chi connectivity index (χ4n) is 0.660. The van der Waals surface area contributed by atoms with Gasteiger partial charge in [-0.15, -0.1) is 11.3 Å². The van der Waals surface area contributed by atoms with Crippen molar-refractivity contribution in [3.8, 4) is 6.07 Å². The Hall–Kier alpha value is -0.880. The molecule has 2 nitrogen and oxygen atoms in total. The zero-order valence-corrected chi connectivity index (χ0v) is 6.61. The Morgan fingerprint density at radius 2 is 2.60 bits per heavy atom. The molecule has 0 radical (unpaired) electrons. The van der Waals surface area contributed by atoms with E-state index in [2.05, 4.69) is 18.0 Å². The summed E-state index contributed by atoms with van der Waals surface area (Å²) in [6, 6.07) is 2.07. The van der Waals surface area contributed by atoms with Gasteiger partial charge in [0.2, 0.25) is 0 Å². The van der Waals surface area contributed by atoms with Gasteiger partial charge in [0.05, 0.1) is 18.2 Å². The predicted octanol–water partition coefficient (Wildman–Crippen LogP) is 1.77. The van der Waals surface area contributed by atoms with Crippen LogP contribution in [0.3, 0.4) is 0 Å². The molecular formula is C7H8N2S. The van der Waals surface area contributed by atoms with E-state index in [9.17, 15) is 0 Å². The summed E-state index contributed by atoms with van der Waals surface area (Å²) in [4.78, 5) is 4.21. The van der Waals surface area contributed by atoms with Crippen molar-refractivity contribution in [1.29, 1.82) is 5.26 Å². The fraction of sp³-hybridized carbons (Fsp3) is 0.429. The molecule has 0 aliphatic heterocycles. The lowest BCUT2D eigenvalue weighted by Crippen LogP contribution is -1.81. The summed E-state index contributed by atoms with van der Waals surface area (Å²) < 4.78 is 0. The van der Waals surface area contributed by atoms with Gasteiger partial charge in [0, 0.05) is 5.38 Å². The molecule has 1 rings (SSSR count). The Bertz CT molecular complexity index is 246. The highest BCUT2D eigenvalue weighted by Crippen LogP contribution is 2.09. The van der Waals surface area contributed by atoms with Gasteiger partial charge in [0.15, 0.2) is 0 Å². The second kappa shape index (κ2) is 3.33. The predicted molar refractivity (Wildman–Crippen MR) is 40.8 cm³/mol. The van der Waals surface area contributed by atoms with E-state index in [1.807, 2.05) is 5.38 Å². The van der Waals surface area contributed by atoms with E-state index in [0.29, 0.717) is 6.42 Å². The van der Waals surface area contributed by atoms with Crippen LogP contribution in [-0.4, -0.2) is 4.98 Å². The number of nitrogens with zero attached hydrogens (tertiary/aromatic N) is 2. The van der Waals surface area contributed by atoms with Crippen LogP contribution in [0.4, 0.5) is 0 Å². The van der Waals surface area contributed by atoms with Crippen LogP contribution < -0.4 is 0 Å². The van der Waals surface area contributed by atoms with Gasteiger partial charge in [-0.2, -0.15) is 5.26 Å². The molecule has 0 aliphatic carbocycles. The quantitative estimate of drug-likeness (QED) is 0.647. The molecule has 0 unspecified atom stereocenters. The van der Waals surface area contributed by atoms with Gasteiger partial charge in [0.25, 0.3) is 0 Å². The first-order valence-electron chi connectivity index (χ1n) is 3.17. The maximum Gasteiger partial charge on any atom is 0.107 e. The number of hydrogen-bond donors (Lipinski definition) is 0. The molecule has 10 heavy (non-hydrogen) atoms. The topological polar surface area (TPSA) is 36.7 Å². The average Bonchev–Trinajstić information content (AvgIpc) is 2.37. The third-order valence-corrected chi connectivity index (χ3v) is 2.09. The largest absolute Gasteiger partial charge is 0.245 e. The van der Waals surface area contributed by atoms with Crippen LogP contribution >= 0.6 is 11.3 Å². The molecule has 52 valence electrons. The van der Waals surface area contributed by atoms with Crippen molar-refractivity contribution < 1.29 is 0 Å². The fourth-order valence-corrected chi connectivity index (χ4v) is 1.47. The first-order valence-corrected chi connectivity index (χ1v) is 4.05. The highest BCUT2D eigenvalue weighted by Gasteiger charge is 1.97. The second-order valence-electron chi connectivity index (χ2n) is 1.92. The zero-order valence-electron chi connectivity index (χ0n) is 5.79. The van der Waals surface area contributed by atoms with E-state index in [1.165, 1.54) is 0 Å². The SMILES string of the molecule is CCc1csc(CC#N)n1. The third-order valence-electron chi connectivity index (χ3n) is 1.19. The molecule has 0 atom stereocenters. The molecule has 0 aromatic carbocycles. The van der Waals surface area contributed by atoms with Gasteiger partial charge in [-0.1, -0.05) is 6.92 Å². The Morgan fingerprint density at radius 3 is 3.10 bits per heavy atom. The summed E-state index contributed by atoms with van der Waals surface area (Å²) in [6.45, 7) is 2.06. The van der Waals surface area contributed by atoms with Crippen molar-refractivity contribution in [3.63, 3.8) is 0 Å². The maximum atomic E-state index is 8.32. The lowest BCUT2D eigenvalue weighted by molar-refractivity contribution is 1.03. The van der Waals surface area contributed by atoms with Crippen LogP contribution in [0.1, 0.15) is 17.6 Å². The molecule has 3 heteroatoms. The van der Waals surface area contributed by atoms with Crippen LogP contribution in [0.15, 0.2) is 5.38 Å². The Kier molecular flexibility index (Phi) is 2.41. The standard InChI is InChI=1S/C7H8N2S/c1-2-6-5-10-7(9-6)3-4-8/h5H,2-3H2,1H3. The van der Waals surface area contributed by atoms with E-state index < -0.39 is 0 Å². The van der Waals surface area contributed by atoms with Gasteiger partial charge in [-0.3, -0.25) is 0 Å². The molecule has 0 fully saturated rings. The van der Waals surface area contributed by atoms with Gasteiger partial charge in [0.1, 0.15) is 5.01 Å². The van der Waals surface area contributed by atoms with Gasteiger partial charge in [-0.05, 0) is 6.42 Å². The molecule has 0 aliphatic rings. The highest BCUT2D eigenvalue weighted by atomic mass is 32.1. The molecule has 1 heterocycles. The molecule has 1 aromatic heterocycles.